The molecule has 1 aliphatic heterocycles. The van der Waals surface area contributed by atoms with Crippen LogP contribution < -0.4 is 10.6 Å². The van der Waals surface area contributed by atoms with Gasteiger partial charge in [-0.2, -0.15) is 0 Å². The molecular formula is C27H23ClN4O3. The van der Waals surface area contributed by atoms with Crippen LogP contribution >= 0.6 is 11.6 Å². The van der Waals surface area contributed by atoms with Crippen molar-refractivity contribution < 1.29 is 14.3 Å². The van der Waals surface area contributed by atoms with Crippen molar-refractivity contribution in [3.8, 4) is 0 Å². The first-order chi connectivity index (χ1) is 17.1. The number of nitrogens with zero attached hydrogens (tertiary/aromatic N) is 1. The second kappa shape index (κ2) is 10.0. The van der Waals surface area contributed by atoms with E-state index in [2.05, 4.69) is 20.6 Å². The van der Waals surface area contributed by atoms with Crippen LogP contribution in [-0.2, 0) is 22.6 Å². The fourth-order valence-corrected chi connectivity index (χ4v) is 4.50. The van der Waals surface area contributed by atoms with Crippen LogP contribution in [0.4, 0.5) is 4.79 Å². The predicted octanol–water partition coefficient (Wildman–Crippen LogP) is 5.20. The van der Waals surface area contributed by atoms with Gasteiger partial charge in [-0.05, 0) is 42.2 Å². The highest BCUT2D eigenvalue weighted by molar-refractivity contribution is 6.31. The van der Waals surface area contributed by atoms with Crippen LogP contribution in [0.1, 0.15) is 29.2 Å². The largest absolute Gasteiger partial charge is 0.457 e. The molecule has 3 N–H and O–H groups in total. The zero-order chi connectivity index (χ0) is 24.2. The van der Waals surface area contributed by atoms with Crippen molar-refractivity contribution in [2.24, 2.45) is 0 Å². The molecule has 2 aromatic carbocycles. The van der Waals surface area contributed by atoms with E-state index in [9.17, 15) is 9.59 Å². The molecule has 1 atom stereocenters. The molecule has 0 saturated carbocycles. The molecule has 1 aliphatic rings. The number of aromatic nitrogens is 2. The van der Waals surface area contributed by atoms with Gasteiger partial charge in [0.15, 0.2) is 0 Å². The lowest BCUT2D eigenvalue weighted by Gasteiger charge is -2.29. The van der Waals surface area contributed by atoms with E-state index in [4.69, 9.17) is 16.3 Å². The lowest BCUT2D eigenvalue weighted by molar-refractivity contribution is -0.140. The molecule has 0 aliphatic carbocycles. The van der Waals surface area contributed by atoms with E-state index in [1.165, 1.54) is 0 Å². The van der Waals surface area contributed by atoms with Crippen molar-refractivity contribution in [3.05, 3.63) is 112 Å². The Labute approximate surface area is 207 Å². The Bertz CT molecular complexity index is 1410. The fraction of sp³-hybridized carbons (Fsp3) is 0.148. The van der Waals surface area contributed by atoms with Gasteiger partial charge >= 0.3 is 12.0 Å². The van der Waals surface area contributed by atoms with E-state index in [1.807, 2.05) is 66.7 Å². The summed E-state index contributed by atoms with van der Waals surface area (Å²) < 4.78 is 5.71. The Kier molecular flexibility index (Phi) is 6.50. The number of allylic oxidation sites excluding steroid dienone is 1. The highest BCUT2D eigenvalue weighted by Gasteiger charge is 2.35. The molecule has 0 spiro atoms. The number of fused-ring (bicyclic) bond motifs is 1. The summed E-state index contributed by atoms with van der Waals surface area (Å²) in [7, 11) is 0. The van der Waals surface area contributed by atoms with Crippen LogP contribution in [0.5, 0.6) is 0 Å². The quantitative estimate of drug-likeness (QED) is 0.313. The van der Waals surface area contributed by atoms with Gasteiger partial charge < -0.3 is 20.4 Å². The third kappa shape index (κ3) is 4.90. The van der Waals surface area contributed by atoms with Crippen LogP contribution in [0.2, 0.25) is 5.02 Å². The molecule has 0 saturated heterocycles. The zero-order valence-corrected chi connectivity index (χ0v) is 19.5. The van der Waals surface area contributed by atoms with Crippen molar-refractivity contribution in [2.45, 2.75) is 25.5 Å². The molecule has 4 aromatic rings. The number of aryl methyl sites for hydroxylation is 1. The highest BCUT2D eigenvalue weighted by Crippen LogP contribution is 2.33. The maximum atomic E-state index is 13.5. The summed E-state index contributed by atoms with van der Waals surface area (Å²) in [6.45, 7) is 0.122. The third-order valence-corrected chi connectivity index (χ3v) is 6.35. The first kappa shape index (κ1) is 22.7. The number of benzene rings is 2. The molecule has 35 heavy (non-hydrogen) atoms. The maximum absolute atomic E-state index is 13.5. The number of carbonyl (C=O) groups excluding carboxylic acids is 2. The molecule has 2 amide bonds. The number of nitrogens with one attached hydrogen (secondary N) is 3. The summed E-state index contributed by atoms with van der Waals surface area (Å²) in [5.41, 5.74) is 4.08. The van der Waals surface area contributed by atoms with Crippen LogP contribution in [0, 0.1) is 0 Å². The molecule has 3 heterocycles. The number of ether oxygens (including phenoxy) is 1. The number of halogens is 1. The summed E-state index contributed by atoms with van der Waals surface area (Å²) in [4.78, 5) is 33.6. The van der Waals surface area contributed by atoms with Crippen LogP contribution in [0.25, 0.3) is 11.0 Å². The minimum absolute atomic E-state index is 0.122. The maximum Gasteiger partial charge on any atom is 0.338 e. The molecule has 7 nitrogen and oxygen atoms in total. The van der Waals surface area contributed by atoms with E-state index >= 15 is 0 Å². The Morgan fingerprint density at radius 2 is 1.80 bits per heavy atom. The number of H-pyrrole nitrogens is 1. The van der Waals surface area contributed by atoms with E-state index in [-0.39, 0.29) is 12.6 Å². The average Bonchev–Trinajstić information content (AvgIpc) is 3.31. The number of pyridine rings is 1. The predicted molar refractivity (Wildman–Crippen MR) is 134 cm³/mol. The summed E-state index contributed by atoms with van der Waals surface area (Å²) in [6, 6.07) is 19.6. The Morgan fingerprint density at radius 1 is 1.00 bits per heavy atom. The smallest absolute Gasteiger partial charge is 0.338 e. The topological polar surface area (TPSA) is 96.1 Å². The van der Waals surface area contributed by atoms with Crippen molar-refractivity contribution >= 4 is 34.6 Å². The minimum atomic E-state index is -0.703. The number of hydrogen-bond acceptors (Lipinski definition) is 4. The molecule has 5 rings (SSSR count). The summed E-state index contributed by atoms with van der Waals surface area (Å²) >= 11 is 6.34. The van der Waals surface area contributed by atoms with Gasteiger partial charge in [-0.3, -0.25) is 0 Å². The highest BCUT2D eigenvalue weighted by atomic mass is 35.5. The SMILES string of the molecule is O=C1NC(CCc2ccccc2Cl)=C(C(=O)OCc2ccccc2)C(c2c[nH]c3ncccc23)N1. The van der Waals surface area contributed by atoms with Gasteiger partial charge in [-0.25, -0.2) is 14.6 Å². The molecule has 0 radical (unpaired) electrons. The van der Waals surface area contributed by atoms with E-state index in [1.54, 1.807) is 12.4 Å². The third-order valence-electron chi connectivity index (χ3n) is 5.98. The molecule has 8 heteroatoms. The van der Waals surface area contributed by atoms with Gasteiger partial charge in [-0.15, -0.1) is 0 Å². The van der Waals surface area contributed by atoms with E-state index in [0.717, 1.165) is 22.1 Å². The minimum Gasteiger partial charge on any atom is -0.457 e. The summed E-state index contributed by atoms with van der Waals surface area (Å²) in [5, 5.41) is 7.19. The van der Waals surface area contributed by atoms with Crippen LogP contribution in [-0.4, -0.2) is 22.0 Å². The Balaban J connectivity index is 1.52. The number of carbonyl (C=O) groups is 2. The number of aromatic amines is 1. The van der Waals surface area contributed by atoms with Crippen molar-refractivity contribution in [1.82, 2.24) is 20.6 Å². The molecule has 1 unspecified atom stereocenters. The zero-order valence-electron chi connectivity index (χ0n) is 18.8. The lowest BCUT2D eigenvalue weighted by atomic mass is 9.93. The van der Waals surface area contributed by atoms with Gasteiger partial charge in [0.25, 0.3) is 0 Å². The number of rotatable bonds is 7. The van der Waals surface area contributed by atoms with Gasteiger partial charge in [0.2, 0.25) is 0 Å². The van der Waals surface area contributed by atoms with Crippen LogP contribution in [0.3, 0.4) is 0 Å². The van der Waals surface area contributed by atoms with E-state index < -0.39 is 12.0 Å². The lowest BCUT2D eigenvalue weighted by Crippen LogP contribution is -2.46. The van der Waals surface area contributed by atoms with Gasteiger partial charge in [0.05, 0.1) is 11.6 Å². The van der Waals surface area contributed by atoms with Crippen molar-refractivity contribution in [1.29, 1.82) is 0 Å². The summed E-state index contributed by atoms with van der Waals surface area (Å²) in [6.07, 6.45) is 4.41. The Hall–Kier alpha value is -4.10. The van der Waals surface area contributed by atoms with Gasteiger partial charge in [-0.1, -0.05) is 60.1 Å². The summed E-state index contributed by atoms with van der Waals surface area (Å²) in [5.74, 6) is -0.501. The van der Waals surface area contributed by atoms with E-state index in [0.29, 0.717) is 34.8 Å². The van der Waals surface area contributed by atoms with Gasteiger partial charge in [0.1, 0.15) is 12.3 Å². The monoisotopic (exact) mass is 486 g/mol. The van der Waals surface area contributed by atoms with Gasteiger partial charge in [0, 0.05) is 34.1 Å². The molecule has 0 fully saturated rings. The van der Waals surface area contributed by atoms with Crippen LogP contribution in [0.15, 0.2) is 90.4 Å². The second-order valence-corrected chi connectivity index (χ2v) is 8.63. The normalized spacial score (nSPS) is 15.6. The first-order valence-electron chi connectivity index (χ1n) is 11.3. The van der Waals surface area contributed by atoms with Crippen molar-refractivity contribution in [2.75, 3.05) is 0 Å². The molecular weight excluding hydrogens is 464 g/mol. The second-order valence-electron chi connectivity index (χ2n) is 8.22. The first-order valence-corrected chi connectivity index (χ1v) is 11.6. The fourth-order valence-electron chi connectivity index (χ4n) is 4.27. The average molecular weight is 487 g/mol. The standard InChI is InChI=1S/C27H23ClN4O3/c28-21-11-5-4-9-18(21)12-13-22-23(26(33)35-16-17-7-2-1-3-8-17)24(32-27(34)31-22)20-15-30-25-19(20)10-6-14-29-25/h1-11,14-15,24H,12-13,16H2,(H,29,30)(H2,31,32,34). The van der Waals surface area contributed by atoms with Crippen molar-refractivity contribution in [3.63, 3.8) is 0 Å². The number of hydrogen-bond donors (Lipinski definition) is 3. The number of esters is 1. The number of urea groups is 1. The molecule has 0 bridgehead atoms. The Morgan fingerprint density at radius 3 is 2.63 bits per heavy atom. The number of amides is 2. The molecule has 2 aromatic heterocycles. The molecule has 176 valence electrons.